The van der Waals surface area contributed by atoms with Crippen LogP contribution >= 0.6 is 11.6 Å². The van der Waals surface area contributed by atoms with Crippen LogP contribution < -0.4 is 0 Å². The second-order valence-corrected chi connectivity index (χ2v) is 7.02. The van der Waals surface area contributed by atoms with Crippen LogP contribution in [-0.2, 0) is 10.8 Å². The van der Waals surface area contributed by atoms with Crippen molar-refractivity contribution in [3.8, 4) is 5.75 Å². The summed E-state index contributed by atoms with van der Waals surface area (Å²) in [5.41, 5.74) is 3.70. The van der Waals surface area contributed by atoms with Crippen molar-refractivity contribution in [2.24, 2.45) is 0 Å². The third-order valence-corrected chi connectivity index (χ3v) is 4.92. The lowest BCUT2D eigenvalue weighted by Gasteiger charge is -2.28. The highest BCUT2D eigenvalue weighted by atomic mass is 35.5. The Balaban J connectivity index is 2.27. The molecule has 104 valence electrons. The molecule has 0 saturated heterocycles. The summed E-state index contributed by atoms with van der Waals surface area (Å²) in [5.74, 6) is 0.177. The van der Waals surface area contributed by atoms with E-state index in [1.54, 1.807) is 0 Å². The van der Waals surface area contributed by atoms with Crippen molar-refractivity contribution in [2.45, 2.75) is 38.0 Å². The number of hydrogen-bond acceptors (Lipinski definition) is 1. The first-order valence-electron chi connectivity index (χ1n) is 6.94. The monoisotopic (exact) mass is 286 g/mol. The van der Waals surface area contributed by atoms with Gasteiger partial charge in [0.1, 0.15) is 5.75 Å². The van der Waals surface area contributed by atoms with E-state index in [2.05, 4.69) is 45.0 Å². The highest BCUT2D eigenvalue weighted by Crippen LogP contribution is 2.54. The van der Waals surface area contributed by atoms with Crippen LogP contribution in [0.25, 0.3) is 0 Å². The van der Waals surface area contributed by atoms with E-state index < -0.39 is 0 Å². The van der Waals surface area contributed by atoms with Gasteiger partial charge in [0, 0.05) is 5.41 Å². The second-order valence-electron chi connectivity index (χ2n) is 6.61. The normalized spacial score (nSPS) is 23.6. The van der Waals surface area contributed by atoms with Gasteiger partial charge in [-0.05, 0) is 40.7 Å². The predicted octanol–water partition coefficient (Wildman–Crippen LogP) is 5.03. The van der Waals surface area contributed by atoms with Crippen LogP contribution in [0.3, 0.4) is 0 Å². The van der Waals surface area contributed by atoms with E-state index in [1.165, 1.54) is 16.7 Å². The third-order valence-electron chi connectivity index (χ3n) is 4.62. The standard InChI is InChI=1S/C18H19ClO/c1-17(2)11-18(3,12-7-5-4-6-8-12)14-9-15(19)16(20)10-13(14)17/h4-10,20H,11H2,1-3H3. The van der Waals surface area contributed by atoms with Gasteiger partial charge >= 0.3 is 0 Å². The first-order valence-corrected chi connectivity index (χ1v) is 7.31. The molecule has 2 aromatic carbocycles. The molecule has 2 aromatic rings. The molecule has 1 aliphatic carbocycles. The summed E-state index contributed by atoms with van der Waals surface area (Å²) < 4.78 is 0. The summed E-state index contributed by atoms with van der Waals surface area (Å²) in [6, 6.07) is 14.3. The van der Waals surface area contributed by atoms with Crippen LogP contribution in [0.4, 0.5) is 0 Å². The van der Waals surface area contributed by atoms with E-state index >= 15 is 0 Å². The summed E-state index contributed by atoms with van der Waals surface area (Å²) >= 11 is 6.15. The van der Waals surface area contributed by atoms with Gasteiger partial charge in [0.15, 0.2) is 0 Å². The first-order chi connectivity index (χ1) is 9.34. The molecule has 3 rings (SSSR count). The molecule has 0 heterocycles. The minimum Gasteiger partial charge on any atom is -0.506 e. The zero-order chi connectivity index (χ0) is 14.5. The highest BCUT2D eigenvalue weighted by Gasteiger charge is 2.46. The van der Waals surface area contributed by atoms with Gasteiger partial charge in [0.05, 0.1) is 5.02 Å². The quantitative estimate of drug-likeness (QED) is 0.779. The molecule has 0 aliphatic heterocycles. The molecule has 0 amide bonds. The Hall–Kier alpha value is -1.47. The second kappa shape index (κ2) is 4.26. The minimum atomic E-state index is -0.0581. The fourth-order valence-electron chi connectivity index (χ4n) is 3.72. The Labute approximate surface area is 125 Å². The number of phenolic OH excluding ortho intramolecular Hbond substituents is 1. The summed E-state index contributed by atoms with van der Waals surface area (Å²) in [6.07, 6.45) is 1.01. The van der Waals surface area contributed by atoms with E-state index in [1.807, 2.05) is 18.2 Å². The average molecular weight is 287 g/mol. The molecule has 1 unspecified atom stereocenters. The lowest BCUT2D eigenvalue weighted by Crippen LogP contribution is -2.23. The Morgan fingerprint density at radius 1 is 1.00 bits per heavy atom. The van der Waals surface area contributed by atoms with Crippen LogP contribution in [0, 0.1) is 0 Å². The van der Waals surface area contributed by atoms with Crippen molar-refractivity contribution >= 4 is 11.6 Å². The lowest BCUT2D eigenvalue weighted by atomic mass is 9.75. The largest absolute Gasteiger partial charge is 0.506 e. The van der Waals surface area contributed by atoms with Crippen molar-refractivity contribution in [3.05, 3.63) is 64.2 Å². The zero-order valence-electron chi connectivity index (χ0n) is 12.1. The van der Waals surface area contributed by atoms with Gasteiger partial charge in [-0.15, -0.1) is 0 Å². The summed E-state index contributed by atoms with van der Waals surface area (Å²) in [5, 5.41) is 10.4. The molecule has 0 saturated carbocycles. The van der Waals surface area contributed by atoms with Gasteiger partial charge < -0.3 is 5.11 Å². The number of fused-ring (bicyclic) bond motifs is 1. The van der Waals surface area contributed by atoms with Gasteiger partial charge in [-0.3, -0.25) is 0 Å². The minimum absolute atomic E-state index is 0.0298. The number of benzene rings is 2. The van der Waals surface area contributed by atoms with E-state index in [0.29, 0.717) is 5.02 Å². The van der Waals surface area contributed by atoms with Gasteiger partial charge in [0.2, 0.25) is 0 Å². The first kappa shape index (κ1) is 13.5. The van der Waals surface area contributed by atoms with Gasteiger partial charge in [-0.2, -0.15) is 0 Å². The lowest BCUT2D eigenvalue weighted by molar-refractivity contribution is 0.423. The number of halogens is 1. The van der Waals surface area contributed by atoms with Crippen molar-refractivity contribution in [1.82, 2.24) is 0 Å². The van der Waals surface area contributed by atoms with Crippen LogP contribution in [0.5, 0.6) is 5.75 Å². The number of phenols is 1. The van der Waals surface area contributed by atoms with E-state index in [0.717, 1.165) is 6.42 Å². The Bertz CT molecular complexity index is 661. The molecule has 0 radical (unpaired) electrons. The maximum absolute atomic E-state index is 9.92. The Morgan fingerprint density at radius 2 is 1.65 bits per heavy atom. The Morgan fingerprint density at radius 3 is 2.30 bits per heavy atom. The molecule has 1 N–H and O–H groups in total. The molecular weight excluding hydrogens is 268 g/mol. The summed E-state index contributed by atoms with van der Waals surface area (Å²) in [4.78, 5) is 0. The molecule has 1 nitrogen and oxygen atoms in total. The van der Waals surface area contributed by atoms with Crippen LogP contribution in [0.2, 0.25) is 5.02 Å². The maximum atomic E-state index is 9.92. The van der Waals surface area contributed by atoms with Crippen molar-refractivity contribution in [1.29, 1.82) is 0 Å². The van der Waals surface area contributed by atoms with Crippen molar-refractivity contribution in [2.75, 3.05) is 0 Å². The Kier molecular flexibility index (Phi) is 2.88. The maximum Gasteiger partial charge on any atom is 0.134 e. The van der Waals surface area contributed by atoms with Gasteiger partial charge in [-0.25, -0.2) is 0 Å². The van der Waals surface area contributed by atoms with Crippen LogP contribution in [-0.4, -0.2) is 5.11 Å². The molecule has 0 fully saturated rings. The van der Waals surface area contributed by atoms with E-state index in [4.69, 9.17) is 11.6 Å². The zero-order valence-corrected chi connectivity index (χ0v) is 12.8. The summed E-state index contributed by atoms with van der Waals surface area (Å²) in [7, 11) is 0. The molecule has 20 heavy (non-hydrogen) atoms. The van der Waals surface area contributed by atoms with E-state index in [-0.39, 0.29) is 16.6 Å². The van der Waals surface area contributed by atoms with Crippen LogP contribution in [0.15, 0.2) is 42.5 Å². The van der Waals surface area contributed by atoms with Crippen molar-refractivity contribution < 1.29 is 5.11 Å². The van der Waals surface area contributed by atoms with Gasteiger partial charge in [0.25, 0.3) is 0 Å². The van der Waals surface area contributed by atoms with Gasteiger partial charge in [-0.1, -0.05) is 62.7 Å². The SMILES string of the molecule is CC1(C)CC(C)(c2ccccc2)c2cc(Cl)c(O)cc21. The fraction of sp³-hybridized carbons (Fsp3) is 0.333. The predicted molar refractivity (Wildman–Crippen MR) is 83.7 cm³/mol. The topological polar surface area (TPSA) is 20.2 Å². The average Bonchev–Trinajstić information content (AvgIpc) is 2.60. The molecule has 1 aliphatic rings. The molecular formula is C18H19ClO. The van der Waals surface area contributed by atoms with Crippen LogP contribution in [0.1, 0.15) is 43.9 Å². The fourth-order valence-corrected chi connectivity index (χ4v) is 3.88. The molecule has 0 aromatic heterocycles. The van der Waals surface area contributed by atoms with Crippen molar-refractivity contribution in [3.63, 3.8) is 0 Å². The molecule has 1 atom stereocenters. The number of aromatic hydroxyl groups is 1. The molecule has 2 heteroatoms. The molecule has 0 spiro atoms. The summed E-state index contributed by atoms with van der Waals surface area (Å²) in [6.45, 7) is 6.73. The number of hydrogen-bond donors (Lipinski definition) is 1. The smallest absolute Gasteiger partial charge is 0.134 e. The van der Waals surface area contributed by atoms with E-state index in [9.17, 15) is 5.11 Å². The number of rotatable bonds is 1. The highest BCUT2D eigenvalue weighted by molar-refractivity contribution is 6.32. The third kappa shape index (κ3) is 1.84. The molecule has 0 bridgehead atoms.